The molecule has 1 heterocycles. The molecule has 0 fully saturated rings. The zero-order valence-corrected chi connectivity index (χ0v) is 9.92. The fourth-order valence-corrected chi connectivity index (χ4v) is 1.59. The average molecular weight is 247 g/mol. The van der Waals surface area contributed by atoms with Crippen molar-refractivity contribution in [3.8, 4) is 5.75 Å². The summed E-state index contributed by atoms with van der Waals surface area (Å²) in [5.74, 6) is 0.0274. The number of benzene rings is 1. The second kappa shape index (κ2) is 5.35. The lowest BCUT2D eigenvalue weighted by Crippen LogP contribution is -2.06. The number of para-hydroxylation sites is 1. The predicted molar refractivity (Wildman–Crippen MR) is 63.8 cm³/mol. The minimum Gasteiger partial charge on any atom is -0.493 e. The molecule has 1 N–H and O–H groups in total. The molecule has 1 aromatic heterocycles. The Bertz CT molecular complexity index is 547. The third-order valence-corrected chi connectivity index (χ3v) is 2.52. The van der Waals surface area contributed by atoms with Crippen molar-refractivity contribution in [2.45, 2.75) is 13.3 Å². The number of aryl methyl sites for hydroxylation is 1. The Hall–Kier alpha value is -2.30. The Morgan fingerprint density at radius 2 is 2.22 bits per heavy atom. The Kier molecular flexibility index (Phi) is 3.62. The lowest BCUT2D eigenvalue weighted by molar-refractivity contribution is 0.0688. The first kappa shape index (κ1) is 12.2. The molecule has 0 unspecified atom stereocenters. The minimum atomic E-state index is -1.09. The van der Waals surface area contributed by atoms with Crippen LogP contribution in [0.15, 0.2) is 35.1 Å². The number of nitrogens with zero attached hydrogens (tertiary/aromatic N) is 1. The summed E-state index contributed by atoms with van der Waals surface area (Å²) < 4.78 is 10.6. The normalized spacial score (nSPS) is 10.3. The highest BCUT2D eigenvalue weighted by molar-refractivity contribution is 5.86. The number of oxazole rings is 1. The maximum atomic E-state index is 10.8. The summed E-state index contributed by atoms with van der Waals surface area (Å²) in [4.78, 5) is 14.4. The zero-order chi connectivity index (χ0) is 13.0. The number of carboxylic acids is 1. The molecule has 5 nitrogen and oxygen atoms in total. The molecule has 0 bridgehead atoms. The highest BCUT2D eigenvalue weighted by atomic mass is 16.5. The first-order chi connectivity index (χ1) is 8.68. The molecule has 2 rings (SSSR count). The molecule has 18 heavy (non-hydrogen) atoms. The summed E-state index contributed by atoms with van der Waals surface area (Å²) in [6.45, 7) is 2.30. The van der Waals surface area contributed by atoms with Crippen LogP contribution < -0.4 is 4.74 Å². The van der Waals surface area contributed by atoms with Crippen LogP contribution in [0.3, 0.4) is 0 Å². The van der Waals surface area contributed by atoms with Gasteiger partial charge in [-0.3, -0.25) is 0 Å². The first-order valence-electron chi connectivity index (χ1n) is 5.52. The molecule has 0 aliphatic heterocycles. The molecule has 0 saturated heterocycles. The van der Waals surface area contributed by atoms with Crippen molar-refractivity contribution in [1.82, 2.24) is 4.98 Å². The lowest BCUT2D eigenvalue weighted by atomic mass is 10.2. The van der Waals surface area contributed by atoms with Crippen LogP contribution in [-0.4, -0.2) is 22.7 Å². The zero-order valence-electron chi connectivity index (χ0n) is 9.92. The van der Waals surface area contributed by atoms with Gasteiger partial charge in [0, 0.05) is 6.42 Å². The summed E-state index contributed by atoms with van der Waals surface area (Å²) in [5, 5.41) is 8.85. The van der Waals surface area contributed by atoms with Gasteiger partial charge in [-0.2, -0.15) is 0 Å². The van der Waals surface area contributed by atoms with Gasteiger partial charge in [0.25, 0.3) is 0 Å². The van der Waals surface area contributed by atoms with Crippen molar-refractivity contribution in [2.24, 2.45) is 0 Å². The standard InChI is InChI=1S/C13H13NO4/c1-9-4-2-3-5-10(9)17-7-6-11-12(13(15)16)14-8-18-11/h2-5,8H,6-7H2,1H3,(H,15,16). The Morgan fingerprint density at radius 1 is 1.44 bits per heavy atom. The van der Waals surface area contributed by atoms with Gasteiger partial charge in [0.15, 0.2) is 12.1 Å². The average Bonchev–Trinajstić information content (AvgIpc) is 2.80. The summed E-state index contributed by atoms with van der Waals surface area (Å²) in [5.41, 5.74) is 0.983. The van der Waals surface area contributed by atoms with E-state index >= 15 is 0 Å². The summed E-state index contributed by atoms with van der Waals surface area (Å²) in [6, 6.07) is 7.64. The van der Waals surface area contributed by atoms with E-state index in [2.05, 4.69) is 4.98 Å². The second-order valence-electron chi connectivity index (χ2n) is 3.79. The minimum absolute atomic E-state index is 0.0524. The third kappa shape index (κ3) is 2.68. The van der Waals surface area contributed by atoms with E-state index in [1.165, 1.54) is 0 Å². The molecular formula is C13H13NO4. The van der Waals surface area contributed by atoms with Gasteiger partial charge in [0.05, 0.1) is 6.61 Å². The number of hydrogen-bond donors (Lipinski definition) is 1. The van der Waals surface area contributed by atoms with Crippen LogP contribution in [0, 0.1) is 6.92 Å². The van der Waals surface area contributed by atoms with Gasteiger partial charge in [0.2, 0.25) is 0 Å². The number of carbonyl (C=O) groups is 1. The van der Waals surface area contributed by atoms with Crippen LogP contribution in [0.1, 0.15) is 21.8 Å². The fraction of sp³-hybridized carbons (Fsp3) is 0.231. The van der Waals surface area contributed by atoms with E-state index in [-0.39, 0.29) is 5.69 Å². The molecule has 0 aliphatic rings. The van der Waals surface area contributed by atoms with Gasteiger partial charge in [-0.15, -0.1) is 0 Å². The van der Waals surface area contributed by atoms with Gasteiger partial charge in [-0.1, -0.05) is 18.2 Å². The summed E-state index contributed by atoms with van der Waals surface area (Å²) in [7, 11) is 0. The van der Waals surface area contributed by atoms with Crippen molar-refractivity contribution in [2.75, 3.05) is 6.61 Å². The summed E-state index contributed by atoms with van der Waals surface area (Å²) >= 11 is 0. The molecule has 5 heteroatoms. The molecule has 0 saturated carbocycles. The number of rotatable bonds is 5. The molecule has 0 radical (unpaired) electrons. The maximum Gasteiger partial charge on any atom is 0.358 e. The van der Waals surface area contributed by atoms with Crippen molar-refractivity contribution in [3.63, 3.8) is 0 Å². The van der Waals surface area contributed by atoms with Gasteiger partial charge in [-0.05, 0) is 18.6 Å². The number of aromatic carboxylic acids is 1. The Morgan fingerprint density at radius 3 is 2.94 bits per heavy atom. The van der Waals surface area contributed by atoms with Crippen molar-refractivity contribution >= 4 is 5.97 Å². The van der Waals surface area contributed by atoms with E-state index < -0.39 is 5.97 Å². The topological polar surface area (TPSA) is 72.6 Å². The van der Waals surface area contributed by atoms with Crippen LogP contribution in [0.2, 0.25) is 0 Å². The molecule has 0 spiro atoms. The van der Waals surface area contributed by atoms with Crippen LogP contribution in [0.5, 0.6) is 5.75 Å². The fourth-order valence-electron chi connectivity index (χ4n) is 1.59. The van der Waals surface area contributed by atoms with E-state index in [0.717, 1.165) is 17.7 Å². The predicted octanol–water partition coefficient (Wildman–Crippen LogP) is 2.30. The first-order valence-corrected chi connectivity index (χ1v) is 5.52. The Labute approximate surface area is 104 Å². The van der Waals surface area contributed by atoms with Crippen molar-refractivity contribution < 1.29 is 19.1 Å². The van der Waals surface area contributed by atoms with Gasteiger partial charge < -0.3 is 14.3 Å². The van der Waals surface area contributed by atoms with E-state index in [0.29, 0.717) is 18.8 Å². The molecular weight excluding hydrogens is 234 g/mol. The molecule has 0 atom stereocenters. The smallest absolute Gasteiger partial charge is 0.358 e. The van der Waals surface area contributed by atoms with Crippen LogP contribution >= 0.6 is 0 Å². The molecule has 94 valence electrons. The second-order valence-corrected chi connectivity index (χ2v) is 3.79. The van der Waals surface area contributed by atoms with Crippen molar-refractivity contribution in [1.29, 1.82) is 0 Å². The number of ether oxygens (including phenoxy) is 1. The SMILES string of the molecule is Cc1ccccc1OCCc1ocnc1C(=O)O. The highest BCUT2D eigenvalue weighted by Gasteiger charge is 2.15. The summed E-state index contributed by atoms with van der Waals surface area (Å²) in [6.07, 6.45) is 1.50. The van der Waals surface area contributed by atoms with E-state index in [9.17, 15) is 4.79 Å². The molecule has 2 aromatic rings. The van der Waals surface area contributed by atoms with E-state index in [1.807, 2.05) is 31.2 Å². The van der Waals surface area contributed by atoms with Crippen LogP contribution in [-0.2, 0) is 6.42 Å². The Balaban J connectivity index is 1.95. The molecule has 0 amide bonds. The maximum absolute atomic E-state index is 10.8. The van der Waals surface area contributed by atoms with Gasteiger partial charge in [0.1, 0.15) is 11.5 Å². The van der Waals surface area contributed by atoms with Crippen molar-refractivity contribution in [3.05, 3.63) is 47.7 Å². The molecule has 1 aromatic carbocycles. The number of carboxylic acid groups (broad SMARTS) is 1. The van der Waals surface area contributed by atoms with Crippen LogP contribution in [0.4, 0.5) is 0 Å². The molecule has 0 aliphatic carbocycles. The van der Waals surface area contributed by atoms with E-state index in [1.54, 1.807) is 0 Å². The quantitative estimate of drug-likeness (QED) is 0.877. The largest absolute Gasteiger partial charge is 0.493 e. The lowest BCUT2D eigenvalue weighted by Gasteiger charge is -2.07. The number of hydrogen-bond acceptors (Lipinski definition) is 4. The third-order valence-electron chi connectivity index (χ3n) is 2.52. The monoisotopic (exact) mass is 247 g/mol. The van der Waals surface area contributed by atoms with Gasteiger partial charge >= 0.3 is 5.97 Å². The van der Waals surface area contributed by atoms with E-state index in [4.69, 9.17) is 14.3 Å². The van der Waals surface area contributed by atoms with Gasteiger partial charge in [-0.25, -0.2) is 9.78 Å². The number of aromatic nitrogens is 1. The van der Waals surface area contributed by atoms with Crippen LogP contribution in [0.25, 0.3) is 0 Å². The highest BCUT2D eigenvalue weighted by Crippen LogP contribution is 2.17.